The minimum absolute atomic E-state index is 0. The number of carbonyl (C=O) groups excluding carboxylic acids is 1. The van der Waals surface area contributed by atoms with Crippen molar-refractivity contribution in [2.24, 2.45) is 23.2 Å². The van der Waals surface area contributed by atoms with E-state index < -0.39 is 146 Å². The summed E-state index contributed by atoms with van der Waals surface area (Å²) in [5, 5.41) is 92.0. The van der Waals surface area contributed by atoms with E-state index in [1.165, 1.54) is 6.92 Å². The minimum Gasteiger partial charge on any atom is -0.394 e. The lowest BCUT2D eigenvalue weighted by molar-refractivity contribution is -0.282. The van der Waals surface area contributed by atoms with E-state index in [1.807, 2.05) is 13.8 Å². The van der Waals surface area contributed by atoms with Gasteiger partial charge < -0.3 is 109 Å². The monoisotopic (exact) mass is 1400 g/mol. The highest BCUT2D eigenvalue weighted by atomic mass is 31.2. The smallest absolute Gasteiger partial charge is 0.394 e. The van der Waals surface area contributed by atoms with Crippen LogP contribution in [0.3, 0.4) is 0 Å². The number of nitrogens with one attached hydrogen (secondary N) is 1. The van der Waals surface area contributed by atoms with E-state index in [0.717, 1.165) is 0 Å². The fourth-order valence-corrected chi connectivity index (χ4v) is 12.2. The standard InChI is InChI=1S/C56H110NO31P3.CH4/c1-39(2)56(36-74-21-18-30-83-89(68,69)80-27-15-9-6-12-24-77-53-40(3)47(62)49(64)43(33-58)86-53,37-75-22-19-31-84-90(70,71)81-28-16-10-7-13-25-78-54-41(4)48(63)50(65)44(34-59)87-54)38-76-23-20-32-85-91(72,73)82-29-17-11-8-14-26-79-55-46(57-42(5)61)52(67)51(66)45(35-60)88-55;/h39-41,43-55,58-60,62-67H,6-38H2,1-5H3,(H,57,61)(H,68,69)(H,70,71)(H,72,73);1H4/t40?,41?,43?,44?,45?,46?,47-,48-,49+,50+,51+,52-,53-,54-,55-,56?;/m1./s1. The highest BCUT2D eigenvalue weighted by Gasteiger charge is 2.46. The molecule has 0 aliphatic carbocycles. The van der Waals surface area contributed by atoms with E-state index in [-0.39, 0.29) is 118 Å². The van der Waals surface area contributed by atoms with Crippen molar-refractivity contribution in [3.63, 3.8) is 0 Å². The van der Waals surface area contributed by atoms with Crippen molar-refractivity contribution in [3.8, 4) is 0 Å². The molecule has 3 aliphatic rings. The number of ether oxygens (including phenoxy) is 9. The Balaban J connectivity index is 0.0000288. The summed E-state index contributed by atoms with van der Waals surface area (Å²) in [6.07, 6.45) is -5.46. The van der Waals surface area contributed by atoms with Crippen molar-refractivity contribution in [3.05, 3.63) is 0 Å². The molecule has 32 nitrogen and oxygen atoms in total. The Morgan fingerprint density at radius 2 is 0.696 bits per heavy atom. The summed E-state index contributed by atoms with van der Waals surface area (Å²) in [5.74, 6) is -1.59. The lowest BCUT2D eigenvalue weighted by atomic mass is 9.79. The second-order valence-corrected chi connectivity index (χ2v) is 27.9. The van der Waals surface area contributed by atoms with Crippen molar-refractivity contribution in [2.45, 2.75) is 218 Å². The van der Waals surface area contributed by atoms with Crippen LogP contribution in [0.1, 0.15) is 138 Å². The number of hydrogen-bond donors (Lipinski definition) is 13. The van der Waals surface area contributed by atoms with Crippen LogP contribution < -0.4 is 5.32 Å². The van der Waals surface area contributed by atoms with Gasteiger partial charge in [0.2, 0.25) is 5.91 Å². The zero-order valence-electron chi connectivity index (χ0n) is 53.5. The van der Waals surface area contributed by atoms with Gasteiger partial charge in [0.25, 0.3) is 0 Å². The van der Waals surface area contributed by atoms with Gasteiger partial charge in [-0.3, -0.25) is 31.9 Å². The second-order valence-electron chi connectivity index (χ2n) is 23.6. The molecule has 0 aromatic heterocycles. The number of aliphatic hydroxyl groups excluding tert-OH is 9. The number of rotatable bonds is 53. The molecule has 0 saturated carbocycles. The number of unbranched alkanes of at least 4 members (excludes halogenated alkanes) is 9. The zero-order chi connectivity index (χ0) is 67.5. The molecule has 0 aromatic carbocycles. The molecule has 0 bridgehead atoms. The van der Waals surface area contributed by atoms with Crippen LogP contribution in [0.25, 0.3) is 0 Å². The molecule has 548 valence electrons. The van der Waals surface area contributed by atoms with Crippen molar-refractivity contribution in [1.29, 1.82) is 0 Å². The molecule has 3 saturated heterocycles. The van der Waals surface area contributed by atoms with Crippen LogP contribution in [0.5, 0.6) is 0 Å². The second kappa shape index (κ2) is 47.2. The van der Waals surface area contributed by atoms with Gasteiger partial charge >= 0.3 is 23.5 Å². The molecule has 92 heavy (non-hydrogen) atoms. The molecule has 3 rings (SSSR count). The minimum atomic E-state index is -4.41. The normalized spacial score (nSPS) is 29.7. The first-order valence-electron chi connectivity index (χ1n) is 31.8. The third-order valence-corrected chi connectivity index (χ3v) is 18.9. The third kappa shape index (κ3) is 33.3. The fourth-order valence-electron chi connectivity index (χ4n) is 9.83. The molecule has 35 heteroatoms. The first kappa shape index (κ1) is 87.2. The SMILES string of the molecule is C.CC(=O)NC1[C@H](OCCCCCCOP(=O)(O)OCCCOCC(COCCCOP(=O)(O)OCCCCCCO[C@@H]2OC(CO)[C@H](O)[C@H](O)C2C)(COCCCOP(=O)(O)OCCCCCCO[C@@H]2OC(CO)[C@H](O)[C@H](O)C2C)C(C)C)OC(CO)[C@H](O)[C@@H]1O. The largest absolute Gasteiger partial charge is 0.472 e. The Bertz CT molecular complexity index is 1970. The van der Waals surface area contributed by atoms with E-state index in [9.17, 15) is 79.1 Å². The number of carbonyl (C=O) groups is 1. The van der Waals surface area contributed by atoms with Crippen molar-refractivity contribution in [2.75, 3.05) is 119 Å². The van der Waals surface area contributed by atoms with Crippen molar-refractivity contribution in [1.82, 2.24) is 5.32 Å². The first-order valence-corrected chi connectivity index (χ1v) is 36.3. The summed E-state index contributed by atoms with van der Waals surface area (Å²) < 4.78 is 121. The van der Waals surface area contributed by atoms with Crippen LogP contribution in [0.2, 0.25) is 0 Å². The summed E-state index contributed by atoms with van der Waals surface area (Å²) >= 11 is 0. The van der Waals surface area contributed by atoms with Crippen LogP contribution in [0.4, 0.5) is 0 Å². The predicted molar refractivity (Wildman–Crippen MR) is 328 cm³/mol. The topological polar surface area (TPSA) is 462 Å². The fraction of sp³-hybridized carbons (Fsp3) is 0.982. The molecule has 13 N–H and O–H groups in total. The molecule has 9 unspecified atom stereocenters. The summed E-state index contributed by atoms with van der Waals surface area (Å²) in [5.41, 5.74) is -0.769. The summed E-state index contributed by atoms with van der Waals surface area (Å²) in [4.78, 5) is 42.5. The number of phosphoric ester groups is 3. The predicted octanol–water partition coefficient (Wildman–Crippen LogP) is 2.71. The van der Waals surface area contributed by atoms with Gasteiger partial charge in [0, 0.05) is 63.8 Å². The Kier molecular flexibility index (Phi) is 44.7. The molecule has 3 fully saturated rings. The summed E-state index contributed by atoms with van der Waals surface area (Å²) in [7, 11) is -13.2. The van der Waals surface area contributed by atoms with Crippen LogP contribution in [0, 0.1) is 23.2 Å². The van der Waals surface area contributed by atoms with Gasteiger partial charge in [0.15, 0.2) is 18.9 Å². The highest BCUT2D eigenvalue weighted by Crippen LogP contribution is 2.45. The molecule has 0 radical (unpaired) electrons. The molecule has 3 heterocycles. The van der Waals surface area contributed by atoms with Gasteiger partial charge in [-0.05, 0) is 63.7 Å². The molecule has 1 amide bonds. The van der Waals surface area contributed by atoms with Gasteiger partial charge in [-0.25, -0.2) is 13.7 Å². The zero-order valence-corrected chi connectivity index (χ0v) is 56.2. The average Bonchev–Trinajstić information content (AvgIpc) is 0.849. The number of aliphatic hydroxyl groups is 9. The van der Waals surface area contributed by atoms with E-state index in [1.54, 1.807) is 13.8 Å². The molecule has 0 aromatic rings. The van der Waals surface area contributed by atoms with Crippen LogP contribution in [-0.2, 0) is 88.3 Å². The van der Waals surface area contributed by atoms with Gasteiger partial charge in [-0.15, -0.1) is 0 Å². The number of amides is 1. The van der Waals surface area contributed by atoms with Crippen LogP contribution in [-0.4, -0.2) is 265 Å². The quantitative estimate of drug-likeness (QED) is 0.0307. The van der Waals surface area contributed by atoms with Gasteiger partial charge in [0.1, 0.15) is 48.8 Å². The van der Waals surface area contributed by atoms with E-state index in [2.05, 4.69) is 5.32 Å². The maximum absolute atomic E-state index is 12.6. The Morgan fingerprint density at radius 3 is 0.989 bits per heavy atom. The molecular weight excluding hydrogens is 1290 g/mol. The maximum Gasteiger partial charge on any atom is 0.472 e. The Morgan fingerprint density at radius 1 is 0.424 bits per heavy atom. The Labute approximate surface area is 542 Å². The average molecular weight is 1400 g/mol. The summed E-state index contributed by atoms with van der Waals surface area (Å²) in [6.45, 7) is 7.81. The molecule has 18 atom stereocenters. The lowest BCUT2D eigenvalue weighted by Gasteiger charge is -2.42. The highest BCUT2D eigenvalue weighted by molar-refractivity contribution is 7.47. The van der Waals surface area contributed by atoms with Gasteiger partial charge in [-0.2, -0.15) is 0 Å². The molecule has 3 aliphatic heterocycles. The van der Waals surface area contributed by atoms with E-state index in [4.69, 9.17) is 69.8 Å². The Hall–Kier alpha value is -0.920. The van der Waals surface area contributed by atoms with Crippen molar-refractivity contribution < 1.29 is 149 Å². The van der Waals surface area contributed by atoms with Crippen molar-refractivity contribution >= 4 is 29.4 Å². The maximum atomic E-state index is 12.6. The third-order valence-electron chi connectivity index (χ3n) is 15.8. The van der Waals surface area contributed by atoms with Crippen LogP contribution in [0.15, 0.2) is 0 Å². The van der Waals surface area contributed by atoms with Crippen LogP contribution >= 0.6 is 23.5 Å². The van der Waals surface area contributed by atoms with E-state index in [0.29, 0.717) is 90.3 Å². The van der Waals surface area contributed by atoms with Gasteiger partial charge in [-0.1, -0.05) is 73.6 Å². The van der Waals surface area contributed by atoms with Gasteiger partial charge in [0.05, 0.1) is 91.5 Å². The number of hydrogen-bond acceptors (Lipinski definition) is 28. The van der Waals surface area contributed by atoms with E-state index >= 15 is 0 Å². The number of phosphoric acid groups is 3. The lowest BCUT2D eigenvalue weighted by Crippen LogP contribution is -2.64. The molecular formula is C57H114NO31P3. The molecule has 0 spiro atoms. The first-order chi connectivity index (χ1) is 43.2. The summed E-state index contributed by atoms with van der Waals surface area (Å²) in [6, 6.07) is -1.06.